The smallest absolute Gasteiger partial charge is 0.0310 e. The highest BCUT2D eigenvalue weighted by Gasteiger charge is 2.29. The zero-order chi connectivity index (χ0) is 11.5. The van der Waals surface area contributed by atoms with E-state index in [0.29, 0.717) is 11.1 Å². The number of hydrogen-bond acceptors (Lipinski definition) is 1. The largest absolute Gasteiger partial charge is 0.309 e. The Morgan fingerprint density at radius 2 is 2.25 bits per heavy atom. The molecule has 0 amide bonds. The maximum atomic E-state index is 5.72. The van der Waals surface area contributed by atoms with Crippen LogP contribution in [0.2, 0.25) is 0 Å². The number of halogens is 1. The molecule has 2 heteroatoms. The third kappa shape index (κ3) is 2.87. The zero-order valence-electron chi connectivity index (χ0n) is 9.67. The molecule has 1 saturated carbocycles. The molecule has 1 N–H and O–H groups in total. The van der Waals surface area contributed by atoms with E-state index in [2.05, 4.69) is 43.1 Å². The first-order valence-electron chi connectivity index (χ1n) is 5.78. The highest BCUT2D eigenvalue weighted by atomic mass is 35.5. The number of aryl methyl sites for hydroxylation is 1. The minimum Gasteiger partial charge on any atom is -0.309 e. The molecule has 0 saturated heterocycles. The van der Waals surface area contributed by atoms with Crippen LogP contribution in [0.1, 0.15) is 29.9 Å². The van der Waals surface area contributed by atoms with Crippen LogP contribution in [0.4, 0.5) is 0 Å². The Morgan fingerprint density at radius 1 is 1.50 bits per heavy atom. The van der Waals surface area contributed by atoms with E-state index < -0.39 is 0 Å². The lowest BCUT2D eigenvalue weighted by atomic mass is 9.75. The van der Waals surface area contributed by atoms with Crippen LogP contribution in [0.25, 0.3) is 0 Å². The predicted molar refractivity (Wildman–Crippen MR) is 69.9 cm³/mol. The lowest BCUT2D eigenvalue weighted by Gasteiger charge is -2.36. The van der Waals surface area contributed by atoms with Crippen molar-refractivity contribution >= 4 is 11.6 Å². The van der Waals surface area contributed by atoms with Crippen molar-refractivity contribution in [1.29, 1.82) is 0 Å². The summed E-state index contributed by atoms with van der Waals surface area (Å²) in [4.78, 5) is 0. The fourth-order valence-electron chi connectivity index (χ4n) is 2.24. The molecule has 0 heterocycles. The fourth-order valence-corrected chi connectivity index (χ4v) is 2.31. The van der Waals surface area contributed by atoms with Crippen LogP contribution in [0.3, 0.4) is 0 Å². The van der Waals surface area contributed by atoms with Crippen molar-refractivity contribution in [2.24, 2.45) is 0 Å². The first-order chi connectivity index (χ1) is 7.65. The van der Waals surface area contributed by atoms with E-state index in [9.17, 15) is 0 Å². The van der Waals surface area contributed by atoms with E-state index in [1.165, 1.54) is 24.0 Å². The maximum Gasteiger partial charge on any atom is 0.0310 e. The standard InChI is InChI=1S/C14H18ClN/c1-10-4-3-5-12(6-10)13-7-14(8-13)16-9-11(2)15/h3-6,13-14,16H,2,7-9H2,1H3. The number of hydrogen-bond donors (Lipinski definition) is 1. The quantitative estimate of drug-likeness (QED) is 0.841. The summed E-state index contributed by atoms with van der Waals surface area (Å²) < 4.78 is 0. The van der Waals surface area contributed by atoms with E-state index >= 15 is 0 Å². The van der Waals surface area contributed by atoms with Crippen molar-refractivity contribution in [3.8, 4) is 0 Å². The predicted octanol–water partition coefficient (Wildman–Crippen LogP) is 3.58. The molecular weight excluding hydrogens is 218 g/mol. The fraction of sp³-hybridized carbons (Fsp3) is 0.429. The Balaban J connectivity index is 1.82. The number of nitrogens with one attached hydrogen (secondary N) is 1. The second-order valence-corrected chi connectivity index (χ2v) is 5.21. The maximum absolute atomic E-state index is 5.72. The van der Waals surface area contributed by atoms with Gasteiger partial charge in [0.1, 0.15) is 0 Å². The highest BCUT2D eigenvalue weighted by molar-refractivity contribution is 6.29. The molecule has 1 fully saturated rings. The summed E-state index contributed by atoms with van der Waals surface area (Å²) in [5, 5.41) is 4.09. The van der Waals surface area contributed by atoms with Gasteiger partial charge in [0.15, 0.2) is 0 Å². The lowest BCUT2D eigenvalue weighted by molar-refractivity contribution is 0.299. The molecule has 0 bridgehead atoms. The van der Waals surface area contributed by atoms with Gasteiger partial charge in [-0.3, -0.25) is 0 Å². The van der Waals surface area contributed by atoms with E-state index in [4.69, 9.17) is 11.6 Å². The third-order valence-electron chi connectivity index (χ3n) is 3.23. The Bertz CT molecular complexity index is 380. The van der Waals surface area contributed by atoms with Gasteiger partial charge in [0, 0.05) is 17.6 Å². The molecule has 0 aliphatic heterocycles. The average Bonchev–Trinajstić information content (AvgIpc) is 2.14. The van der Waals surface area contributed by atoms with Gasteiger partial charge in [0.05, 0.1) is 0 Å². The second-order valence-electron chi connectivity index (χ2n) is 4.68. The van der Waals surface area contributed by atoms with Crippen LogP contribution < -0.4 is 5.32 Å². The second kappa shape index (κ2) is 5.03. The van der Waals surface area contributed by atoms with Crippen LogP contribution in [0.15, 0.2) is 35.9 Å². The minimum absolute atomic E-state index is 0.612. The van der Waals surface area contributed by atoms with Gasteiger partial charge in [-0.15, -0.1) is 0 Å². The molecule has 1 nitrogen and oxygen atoms in total. The molecule has 86 valence electrons. The first-order valence-corrected chi connectivity index (χ1v) is 6.16. The van der Waals surface area contributed by atoms with Gasteiger partial charge in [-0.1, -0.05) is 48.0 Å². The van der Waals surface area contributed by atoms with Crippen molar-refractivity contribution in [3.05, 3.63) is 47.0 Å². The summed E-state index contributed by atoms with van der Waals surface area (Å²) in [6.45, 7) is 6.55. The summed E-state index contributed by atoms with van der Waals surface area (Å²) in [6, 6.07) is 9.43. The topological polar surface area (TPSA) is 12.0 Å². The van der Waals surface area contributed by atoms with Crippen molar-refractivity contribution in [2.75, 3.05) is 6.54 Å². The summed E-state index contributed by atoms with van der Waals surface area (Å²) in [5.74, 6) is 0.723. The average molecular weight is 236 g/mol. The van der Waals surface area contributed by atoms with Gasteiger partial charge >= 0.3 is 0 Å². The van der Waals surface area contributed by atoms with E-state index in [1.54, 1.807) is 0 Å². The molecule has 1 aliphatic rings. The summed E-state index contributed by atoms with van der Waals surface area (Å²) in [5.41, 5.74) is 2.82. The molecule has 0 unspecified atom stereocenters. The Labute approximate surface area is 103 Å². The third-order valence-corrected chi connectivity index (χ3v) is 3.37. The molecule has 2 rings (SSSR count). The highest BCUT2D eigenvalue weighted by Crippen LogP contribution is 2.37. The Hall–Kier alpha value is -0.790. The van der Waals surface area contributed by atoms with Crippen molar-refractivity contribution in [1.82, 2.24) is 5.32 Å². The van der Waals surface area contributed by atoms with Crippen LogP contribution >= 0.6 is 11.6 Å². The van der Waals surface area contributed by atoms with E-state index in [-0.39, 0.29) is 0 Å². The molecule has 0 atom stereocenters. The van der Waals surface area contributed by atoms with Gasteiger partial charge in [-0.2, -0.15) is 0 Å². The van der Waals surface area contributed by atoms with Crippen LogP contribution in [0.5, 0.6) is 0 Å². The van der Waals surface area contributed by atoms with Gasteiger partial charge in [-0.25, -0.2) is 0 Å². The summed E-state index contributed by atoms with van der Waals surface area (Å²) in [7, 11) is 0. The van der Waals surface area contributed by atoms with Gasteiger partial charge in [-0.05, 0) is 31.2 Å². The number of rotatable bonds is 4. The van der Waals surface area contributed by atoms with Crippen molar-refractivity contribution < 1.29 is 0 Å². The molecule has 16 heavy (non-hydrogen) atoms. The minimum atomic E-state index is 0.612. The van der Waals surface area contributed by atoms with E-state index in [1.807, 2.05) is 0 Å². The molecule has 0 radical (unpaired) electrons. The van der Waals surface area contributed by atoms with Crippen molar-refractivity contribution in [3.63, 3.8) is 0 Å². The van der Waals surface area contributed by atoms with Crippen molar-refractivity contribution in [2.45, 2.75) is 31.7 Å². The first kappa shape index (κ1) is 11.7. The van der Waals surface area contributed by atoms with Gasteiger partial charge in [0.2, 0.25) is 0 Å². The molecule has 1 aliphatic carbocycles. The number of benzene rings is 1. The normalized spacial score (nSPS) is 23.9. The Morgan fingerprint density at radius 3 is 2.88 bits per heavy atom. The monoisotopic (exact) mass is 235 g/mol. The SMILES string of the molecule is C=C(Cl)CNC1CC(c2cccc(C)c2)C1. The van der Waals surface area contributed by atoms with Crippen LogP contribution in [-0.2, 0) is 0 Å². The van der Waals surface area contributed by atoms with Crippen LogP contribution in [-0.4, -0.2) is 12.6 Å². The van der Waals surface area contributed by atoms with Crippen LogP contribution in [0, 0.1) is 6.92 Å². The Kier molecular flexibility index (Phi) is 3.67. The molecule has 0 spiro atoms. The lowest BCUT2D eigenvalue weighted by Crippen LogP contribution is -2.40. The summed E-state index contributed by atoms with van der Waals surface area (Å²) in [6.07, 6.45) is 2.43. The van der Waals surface area contributed by atoms with Gasteiger partial charge < -0.3 is 5.32 Å². The van der Waals surface area contributed by atoms with Gasteiger partial charge in [0.25, 0.3) is 0 Å². The zero-order valence-corrected chi connectivity index (χ0v) is 10.4. The summed E-state index contributed by atoms with van der Waals surface area (Å²) >= 11 is 5.72. The molecule has 1 aromatic rings. The molecule has 0 aromatic heterocycles. The molecular formula is C14H18ClN. The van der Waals surface area contributed by atoms with E-state index in [0.717, 1.165) is 12.5 Å². The molecule has 1 aromatic carbocycles.